The topological polar surface area (TPSA) is 43.6 Å². The molecule has 0 radical (unpaired) electrons. The lowest BCUT2D eigenvalue weighted by atomic mass is 10.0. The molecule has 6 heteroatoms. The van der Waals surface area contributed by atoms with Crippen LogP contribution in [0, 0.1) is 0 Å². The molecule has 0 bridgehead atoms. The van der Waals surface area contributed by atoms with Crippen LogP contribution in [0.4, 0.5) is 0 Å². The number of benzene rings is 10. The standard InChI is InChI=1S/C63H42N4SSi/c1-4-23-47(24-5-1)69(48-25-6-2-7-26-48,49-27-8-3-9-28-49)50-29-19-22-46(41-50)62-64-61(45-21-18-20-43(40-45)44-38-39-54-53-32-13-17-37-59(53)68-60(54)42-44)65-63(66-62)55-33-12-16-36-58(55)67-56-34-14-10-30-51(56)52-31-11-15-35-57(52)67/h1-42H/i10D,11D,12D,13D,14D,15D,16D,17D,18D,20D,21D,30D,31D,32D,33D,34D,35D,36D,37D,38D,39D,40D,42D. The van der Waals surface area contributed by atoms with Crippen molar-refractivity contribution in [3.8, 4) is 51.0 Å². The van der Waals surface area contributed by atoms with Crippen molar-refractivity contribution in [2.75, 3.05) is 0 Å². The Morgan fingerprint density at radius 2 is 0.899 bits per heavy atom. The van der Waals surface area contributed by atoms with E-state index in [2.05, 4.69) is 0 Å². The summed E-state index contributed by atoms with van der Waals surface area (Å²) in [5.41, 5.74) is -3.99. The summed E-state index contributed by atoms with van der Waals surface area (Å²) in [6.45, 7) is 0. The zero-order valence-electron chi connectivity index (χ0n) is 58.7. The predicted molar refractivity (Wildman–Crippen MR) is 292 cm³/mol. The second kappa shape index (κ2) is 17.0. The zero-order valence-corrected chi connectivity index (χ0v) is 37.5. The molecule has 13 aromatic rings. The Hall–Kier alpha value is -8.55. The van der Waals surface area contributed by atoms with E-state index in [1.165, 1.54) is 0 Å². The van der Waals surface area contributed by atoms with Crippen LogP contribution in [-0.2, 0) is 0 Å². The van der Waals surface area contributed by atoms with Crippen molar-refractivity contribution in [1.29, 1.82) is 0 Å². The van der Waals surface area contributed by atoms with Gasteiger partial charge in [0.05, 0.1) is 48.2 Å². The Kier molecular flexibility index (Phi) is 5.76. The third kappa shape index (κ3) is 6.91. The van der Waals surface area contributed by atoms with Crippen molar-refractivity contribution in [3.63, 3.8) is 0 Å². The summed E-state index contributed by atoms with van der Waals surface area (Å²) < 4.78 is 212. The van der Waals surface area contributed by atoms with E-state index in [0.29, 0.717) is 0 Å². The maximum absolute atomic E-state index is 10.1. The molecule has 10 aromatic carbocycles. The fourth-order valence-electron chi connectivity index (χ4n) is 8.97. The molecular weight excluding hydrogens is 873 g/mol. The molecule has 0 fully saturated rings. The van der Waals surface area contributed by atoms with Crippen molar-refractivity contribution in [2.24, 2.45) is 0 Å². The Morgan fingerprint density at radius 3 is 1.58 bits per heavy atom. The highest BCUT2D eigenvalue weighted by Gasteiger charge is 2.41. The second-order valence-electron chi connectivity index (χ2n) is 15.8. The van der Waals surface area contributed by atoms with E-state index in [0.717, 1.165) is 36.7 Å². The molecule has 3 aromatic heterocycles. The quantitative estimate of drug-likeness (QED) is 0.107. The van der Waals surface area contributed by atoms with Crippen molar-refractivity contribution in [1.82, 2.24) is 19.5 Å². The largest absolute Gasteiger partial charge is 0.309 e. The summed E-state index contributed by atoms with van der Waals surface area (Å²) >= 11 is 0.727. The molecule has 0 spiro atoms. The van der Waals surface area contributed by atoms with Gasteiger partial charge in [0.1, 0.15) is 0 Å². The van der Waals surface area contributed by atoms with Crippen molar-refractivity contribution in [2.45, 2.75) is 0 Å². The first-order valence-electron chi connectivity index (χ1n) is 33.0. The average molecular weight is 938 g/mol. The molecule has 0 saturated heterocycles. The van der Waals surface area contributed by atoms with E-state index in [-0.39, 0.29) is 31.6 Å². The summed E-state index contributed by atoms with van der Waals surface area (Å²) in [5, 5.41) is 2.49. The van der Waals surface area contributed by atoms with Crippen LogP contribution in [-0.4, -0.2) is 27.6 Å². The molecule has 0 saturated carbocycles. The molecule has 0 N–H and O–H groups in total. The van der Waals surface area contributed by atoms with Crippen LogP contribution in [0.5, 0.6) is 0 Å². The van der Waals surface area contributed by atoms with E-state index in [1.807, 2.05) is 103 Å². The van der Waals surface area contributed by atoms with Crippen LogP contribution in [0.25, 0.3) is 93.0 Å². The Bertz CT molecular complexity index is 5230. The van der Waals surface area contributed by atoms with Crippen molar-refractivity contribution in [3.05, 3.63) is 254 Å². The number of fused-ring (bicyclic) bond motifs is 6. The van der Waals surface area contributed by atoms with Crippen molar-refractivity contribution < 1.29 is 31.5 Å². The molecule has 0 aliphatic rings. The van der Waals surface area contributed by atoms with E-state index in [1.54, 1.807) is 12.1 Å². The third-order valence-electron chi connectivity index (χ3n) is 11.9. The lowest BCUT2D eigenvalue weighted by Crippen LogP contribution is -2.74. The summed E-state index contributed by atoms with van der Waals surface area (Å²) in [6.07, 6.45) is 0. The molecule has 69 heavy (non-hydrogen) atoms. The lowest BCUT2D eigenvalue weighted by molar-refractivity contribution is 1.06. The highest BCUT2D eigenvalue weighted by molar-refractivity contribution is 7.25. The van der Waals surface area contributed by atoms with E-state index in [9.17, 15) is 16.4 Å². The molecule has 0 atom stereocenters. The highest BCUT2D eigenvalue weighted by atomic mass is 32.1. The number of hydrogen-bond donors (Lipinski definition) is 0. The molecule has 13 rings (SSSR count). The summed E-state index contributed by atoms with van der Waals surface area (Å²) in [6, 6.07) is 19.1. The van der Waals surface area contributed by atoms with Gasteiger partial charge >= 0.3 is 0 Å². The number of aromatic nitrogens is 4. The minimum Gasteiger partial charge on any atom is -0.309 e. The van der Waals surface area contributed by atoms with E-state index in [4.69, 9.17) is 30.0 Å². The minimum absolute atomic E-state index is 0.0319. The van der Waals surface area contributed by atoms with Gasteiger partial charge in [-0.1, -0.05) is 212 Å². The van der Waals surface area contributed by atoms with Crippen LogP contribution in [0.1, 0.15) is 31.5 Å². The molecule has 0 aliphatic carbocycles. The molecule has 3 heterocycles. The van der Waals surface area contributed by atoms with Gasteiger partial charge in [-0.25, -0.2) is 15.0 Å². The molecule has 4 nitrogen and oxygen atoms in total. The first-order valence-corrected chi connectivity index (χ1v) is 24.3. The number of hydrogen-bond acceptors (Lipinski definition) is 4. The van der Waals surface area contributed by atoms with E-state index >= 15 is 0 Å². The van der Waals surface area contributed by atoms with Gasteiger partial charge in [-0.15, -0.1) is 11.3 Å². The van der Waals surface area contributed by atoms with Gasteiger partial charge in [-0.05, 0) is 74.2 Å². The van der Waals surface area contributed by atoms with Crippen LogP contribution >= 0.6 is 11.3 Å². The predicted octanol–water partition coefficient (Wildman–Crippen LogP) is 13.4. The molecule has 324 valence electrons. The summed E-state index contributed by atoms with van der Waals surface area (Å²) in [5.74, 6) is -1.62. The van der Waals surface area contributed by atoms with Gasteiger partial charge in [0.15, 0.2) is 25.5 Å². The van der Waals surface area contributed by atoms with Gasteiger partial charge in [0.25, 0.3) is 0 Å². The Balaban J connectivity index is 1.18. The first-order chi connectivity index (χ1) is 43.8. The van der Waals surface area contributed by atoms with Crippen LogP contribution in [0.2, 0.25) is 0 Å². The fraction of sp³-hybridized carbons (Fsp3) is 0. The van der Waals surface area contributed by atoms with Gasteiger partial charge in [0.2, 0.25) is 0 Å². The second-order valence-corrected chi connectivity index (χ2v) is 20.6. The van der Waals surface area contributed by atoms with Gasteiger partial charge < -0.3 is 4.57 Å². The third-order valence-corrected chi connectivity index (χ3v) is 17.7. The number of rotatable bonds is 9. The van der Waals surface area contributed by atoms with Gasteiger partial charge in [-0.2, -0.15) is 0 Å². The maximum atomic E-state index is 10.1. The smallest absolute Gasteiger partial charge is 0.179 e. The van der Waals surface area contributed by atoms with E-state index < -0.39 is 208 Å². The van der Waals surface area contributed by atoms with Crippen LogP contribution < -0.4 is 20.7 Å². The zero-order chi connectivity index (χ0) is 65.7. The monoisotopic (exact) mass is 937 g/mol. The summed E-state index contributed by atoms with van der Waals surface area (Å²) in [4.78, 5) is 14.7. The fourth-order valence-corrected chi connectivity index (χ4v) is 14.7. The van der Waals surface area contributed by atoms with Crippen LogP contribution in [0.3, 0.4) is 0 Å². The molecule has 0 aliphatic heterocycles. The Labute approximate surface area is 437 Å². The lowest BCUT2D eigenvalue weighted by Gasteiger charge is -2.34. The SMILES string of the molecule is [2H]c1c([2H])c(-c2nc(-c3cccc([Si](c4ccccc4)(c4ccccc4)c4ccccc4)c3)nc(-c3c([2H])c([2H])c([2H])c([2H])c3-n3c4c([2H])c([2H])c([2H])c([2H])c4c4c([2H])c([2H])c([2H])c([2H])c43)n2)c([2H])c(-c2c([2H])c([2H])c3c(sc4c([2H])c([2H])c([2H])c([2H])c43)c2[2H])c1[2H]. The van der Waals surface area contributed by atoms with Gasteiger partial charge in [-0.3, -0.25) is 0 Å². The Morgan fingerprint density at radius 1 is 0.377 bits per heavy atom. The highest BCUT2D eigenvalue weighted by Crippen LogP contribution is 2.39. The summed E-state index contributed by atoms with van der Waals surface area (Å²) in [7, 11) is -3.41. The maximum Gasteiger partial charge on any atom is 0.179 e. The average Bonchev–Trinajstić information content (AvgIpc) is 1.57. The first kappa shape index (κ1) is 23.4. The molecule has 0 unspecified atom stereocenters. The number of nitrogens with zero attached hydrogens (tertiary/aromatic N) is 4. The van der Waals surface area contributed by atoms with Crippen LogP contribution in [0.15, 0.2) is 254 Å². The number of para-hydroxylation sites is 3. The minimum atomic E-state index is -3.41. The molecular formula is C63H42N4SSi. The normalized spacial score (nSPS) is 16.4. The van der Waals surface area contributed by atoms with Crippen molar-refractivity contribution >= 4 is 82.1 Å². The van der Waals surface area contributed by atoms with Gasteiger partial charge in [0, 0.05) is 47.6 Å². The number of thiophene rings is 1. The molecule has 0 amide bonds.